The molecule has 154 valence electrons. The first-order chi connectivity index (χ1) is 13.2. The maximum Gasteiger partial charge on any atom is 0.410 e. The van der Waals surface area contributed by atoms with Gasteiger partial charge in [-0.15, -0.1) is 0 Å². The van der Waals surface area contributed by atoms with Crippen molar-refractivity contribution in [2.75, 3.05) is 46.0 Å². The topological polar surface area (TPSA) is 44.8 Å². The second-order valence-corrected chi connectivity index (χ2v) is 9.16. The second kappa shape index (κ2) is 8.24. The summed E-state index contributed by atoms with van der Waals surface area (Å²) in [4.78, 5) is 16.9. The number of carbonyl (C=O) groups is 1. The summed E-state index contributed by atoms with van der Waals surface area (Å²) in [5, 5.41) is 3.59. The molecule has 3 heterocycles. The smallest absolute Gasteiger partial charge is 0.410 e. The Labute approximate surface area is 163 Å². The minimum absolute atomic E-state index is 0.114. The van der Waals surface area contributed by atoms with Gasteiger partial charge in [0.1, 0.15) is 13.3 Å². The molecular formula is C21H36FN3O2. The normalized spacial score (nSPS) is 37.7. The van der Waals surface area contributed by atoms with Crippen molar-refractivity contribution >= 4 is 6.09 Å². The van der Waals surface area contributed by atoms with E-state index in [1.165, 1.54) is 58.3 Å². The molecule has 4 rings (SSSR count). The number of likely N-dealkylation sites (tertiary alicyclic amines) is 2. The zero-order valence-electron chi connectivity index (χ0n) is 16.8. The summed E-state index contributed by atoms with van der Waals surface area (Å²) in [6.07, 6.45) is 8.19. The molecular weight excluding hydrogens is 345 g/mol. The van der Waals surface area contributed by atoms with Crippen molar-refractivity contribution in [3.63, 3.8) is 0 Å². The van der Waals surface area contributed by atoms with E-state index in [-0.39, 0.29) is 12.7 Å². The minimum atomic E-state index is -0.598. The number of nitrogens with zero attached hydrogens (tertiary/aromatic N) is 2. The Morgan fingerprint density at radius 2 is 2.04 bits per heavy atom. The van der Waals surface area contributed by atoms with Crippen LogP contribution in [0.5, 0.6) is 0 Å². The van der Waals surface area contributed by atoms with Gasteiger partial charge >= 0.3 is 6.09 Å². The highest BCUT2D eigenvalue weighted by molar-refractivity contribution is 5.68. The molecule has 0 bridgehead atoms. The summed E-state index contributed by atoms with van der Waals surface area (Å²) in [5.41, 5.74) is 0.582. The highest BCUT2D eigenvalue weighted by Gasteiger charge is 2.55. The number of rotatable bonds is 5. The molecule has 1 spiro atoms. The van der Waals surface area contributed by atoms with E-state index in [1.54, 1.807) is 0 Å². The quantitative estimate of drug-likeness (QED) is 0.795. The first-order valence-corrected chi connectivity index (χ1v) is 11.1. The zero-order valence-corrected chi connectivity index (χ0v) is 16.8. The summed E-state index contributed by atoms with van der Waals surface area (Å²) >= 11 is 0. The summed E-state index contributed by atoms with van der Waals surface area (Å²) in [5.74, 6) is 1.42. The molecule has 6 heteroatoms. The number of hydrogen-bond donors (Lipinski definition) is 1. The Morgan fingerprint density at radius 1 is 1.22 bits per heavy atom. The third-order valence-corrected chi connectivity index (χ3v) is 8.01. The van der Waals surface area contributed by atoms with Crippen molar-refractivity contribution in [1.29, 1.82) is 0 Å². The summed E-state index contributed by atoms with van der Waals surface area (Å²) < 4.78 is 17.4. The molecule has 1 amide bonds. The van der Waals surface area contributed by atoms with Gasteiger partial charge in [0.2, 0.25) is 0 Å². The Morgan fingerprint density at radius 3 is 2.70 bits per heavy atom. The van der Waals surface area contributed by atoms with Gasteiger partial charge in [-0.05, 0) is 75.4 Å². The van der Waals surface area contributed by atoms with Crippen LogP contribution in [0.25, 0.3) is 0 Å². The van der Waals surface area contributed by atoms with Crippen LogP contribution in [0.15, 0.2) is 0 Å². The van der Waals surface area contributed by atoms with Crippen LogP contribution >= 0.6 is 0 Å². The molecule has 4 atom stereocenters. The standard InChI is InChI=1S/C21H36FN3O2/c1-2-17-19(14-21(17)7-9-23-15-21)24-11-5-16(6-12-24)18-4-3-10-25(18)20(26)27-13-8-22/h16-19,23H,2-15H2,1H3/t17?,18-,19?,21?/m0/s1. The molecule has 0 radical (unpaired) electrons. The van der Waals surface area contributed by atoms with Gasteiger partial charge in [-0.25, -0.2) is 9.18 Å². The van der Waals surface area contributed by atoms with Gasteiger partial charge in [0, 0.05) is 25.2 Å². The van der Waals surface area contributed by atoms with Gasteiger partial charge in [0.05, 0.1) is 0 Å². The third kappa shape index (κ3) is 3.59. The number of halogens is 1. The van der Waals surface area contributed by atoms with E-state index >= 15 is 0 Å². The van der Waals surface area contributed by atoms with E-state index < -0.39 is 6.67 Å². The van der Waals surface area contributed by atoms with Gasteiger partial charge in [-0.3, -0.25) is 0 Å². The van der Waals surface area contributed by atoms with E-state index in [9.17, 15) is 9.18 Å². The number of ether oxygens (including phenoxy) is 1. The van der Waals surface area contributed by atoms with E-state index in [0.717, 1.165) is 31.3 Å². The minimum Gasteiger partial charge on any atom is -0.447 e. The Bertz CT molecular complexity index is 518. The average molecular weight is 382 g/mol. The molecule has 3 aliphatic heterocycles. The molecule has 0 aromatic heterocycles. The lowest BCUT2D eigenvalue weighted by Crippen LogP contribution is -2.61. The molecule has 1 saturated carbocycles. The molecule has 4 aliphatic rings. The molecule has 0 aromatic carbocycles. The molecule has 3 unspecified atom stereocenters. The summed E-state index contributed by atoms with van der Waals surface area (Å²) in [7, 11) is 0. The first-order valence-electron chi connectivity index (χ1n) is 11.1. The highest BCUT2D eigenvalue weighted by Crippen LogP contribution is 2.54. The van der Waals surface area contributed by atoms with Crippen LogP contribution in [0.3, 0.4) is 0 Å². The number of carbonyl (C=O) groups excluding carboxylic acids is 1. The summed E-state index contributed by atoms with van der Waals surface area (Å²) in [6, 6.07) is 1.07. The van der Waals surface area contributed by atoms with Crippen LogP contribution < -0.4 is 5.32 Å². The van der Waals surface area contributed by atoms with Crippen LogP contribution in [-0.2, 0) is 4.74 Å². The monoisotopic (exact) mass is 381 g/mol. The molecule has 4 fully saturated rings. The zero-order chi connectivity index (χ0) is 18.9. The average Bonchev–Trinajstić information content (AvgIpc) is 3.35. The predicted molar refractivity (Wildman–Crippen MR) is 103 cm³/mol. The molecule has 0 aromatic rings. The fourth-order valence-corrected chi connectivity index (χ4v) is 6.65. The Kier molecular flexibility index (Phi) is 5.93. The lowest BCUT2D eigenvalue weighted by molar-refractivity contribution is -0.0786. The van der Waals surface area contributed by atoms with E-state index in [0.29, 0.717) is 17.4 Å². The van der Waals surface area contributed by atoms with E-state index in [2.05, 4.69) is 17.1 Å². The second-order valence-electron chi connectivity index (χ2n) is 9.16. The van der Waals surface area contributed by atoms with Gasteiger partial charge < -0.3 is 19.9 Å². The molecule has 1 aliphatic carbocycles. The van der Waals surface area contributed by atoms with E-state index in [4.69, 9.17) is 4.74 Å². The van der Waals surface area contributed by atoms with Crippen molar-refractivity contribution in [1.82, 2.24) is 15.1 Å². The van der Waals surface area contributed by atoms with Crippen molar-refractivity contribution in [3.8, 4) is 0 Å². The molecule has 3 saturated heterocycles. The van der Waals surface area contributed by atoms with Crippen LogP contribution in [0.4, 0.5) is 9.18 Å². The van der Waals surface area contributed by atoms with Crippen molar-refractivity contribution < 1.29 is 13.9 Å². The van der Waals surface area contributed by atoms with Gasteiger partial charge in [-0.1, -0.05) is 13.3 Å². The number of hydrogen-bond acceptors (Lipinski definition) is 4. The van der Waals surface area contributed by atoms with Gasteiger partial charge in [-0.2, -0.15) is 0 Å². The molecule has 5 nitrogen and oxygen atoms in total. The Balaban J connectivity index is 1.29. The number of amides is 1. The number of piperidine rings is 1. The lowest BCUT2D eigenvalue weighted by Gasteiger charge is -2.58. The van der Waals surface area contributed by atoms with Gasteiger partial charge in [0.25, 0.3) is 0 Å². The third-order valence-electron chi connectivity index (χ3n) is 8.01. The summed E-state index contributed by atoms with van der Waals surface area (Å²) in [6.45, 7) is 7.17. The maximum atomic E-state index is 12.3. The maximum absolute atomic E-state index is 12.3. The van der Waals surface area contributed by atoms with E-state index in [1.807, 2.05) is 4.90 Å². The predicted octanol–water partition coefficient (Wildman–Crippen LogP) is 3.05. The SMILES string of the molecule is CCC1C(N2CCC([C@@H]3CCCN3C(=O)OCCF)CC2)CC12CCNC2. The van der Waals surface area contributed by atoms with Crippen molar-refractivity contribution in [3.05, 3.63) is 0 Å². The lowest BCUT2D eigenvalue weighted by atomic mass is 9.54. The van der Waals surface area contributed by atoms with Crippen molar-refractivity contribution in [2.45, 2.75) is 64.0 Å². The number of alkyl halides is 1. The van der Waals surface area contributed by atoms with Crippen LogP contribution in [0, 0.1) is 17.3 Å². The largest absolute Gasteiger partial charge is 0.447 e. The van der Waals surface area contributed by atoms with Crippen LogP contribution in [-0.4, -0.2) is 74.0 Å². The van der Waals surface area contributed by atoms with Crippen LogP contribution in [0.2, 0.25) is 0 Å². The van der Waals surface area contributed by atoms with Crippen LogP contribution in [0.1, 0.15) is 51.9 Å². The highest BCUT2D eigenvalue weighted by atomic mass is 19.1. The Hall–Kier alpha value is -0.880. The van der Waals surface area contributed by atoms with Crippen molar-refractivity contribution in [2.24, 2.45) is 17.3 Å². The first kappa shape index (κ1) is 19.4. The fraction of sp³-hybridized carbons (Fsp3) is 0.952. The molecule has 1 N–H and O–H groups in total. The molecule has 27 heavy (non-hydrogen) atoms. The van der Waals surface area contributed by atoms with Gasteiger partial charge in [0.15, 0.2) is 0 Å². The fourth-order valence-electron chi connectivity index (χ4n) is 6.65. The number of nitrogens with one attached hydrogen (secondary N) is 1.